The number of amides is 1. The lowest BCUT2D eigenvalue weighted by Gasteiger charge is -2.34. The summed E-state index contributed by atoms with van der Waals surface area (Å²) in [6, 6.07) is 11.3. The third-order valence-electron chi connectivity index (χ3n) is 4.94. The minimum atomic E-state index is -0.990. The summed E-state index contributed by atoms with van der Waals surface area (Å²) in [7, 11) is 1.68. The van der Waals surface area contributed by atoms with Crippen molar-refractivity contribution in [3.05, 3.63) is 65.2 Å². The number of aryl methyl sites for hydroxylation is 1. The summed E-state index contributed by atoms with van der Waals surface area (Å²) in [5, 5.41) is 0. The molecule has 4 nitrogen and oxygen atoms in total. The Kier molecular flexibility index (Phi) is 6.40. The van der Waals surface area contributed by atoms with E-state index in [-0.39, 0.29) is 11.5 Å². The Morgan fingerprint density at radius 2 is 1.78 bits per heavy atom. The molecule has 6 heteroatoms. The molecule has 1 amide bonds. The highest BCUT2D eigenvalue weighted by molar-refractivity contribution is 5.94. The zero-order chi connectivity index (χ0) is 19.2. The standard InChI is InChI=1S/C21H24F2N2O2/c1-27-20-7-3-2-5-16(20)6-4-10-24-11-13-25(14-12-24)21(26)17-8-9-18(22)19(23)15-17/h2-3,5,7-9,15H,4,6,10-14H2,1H3. The predicted octanol–water partition coefficient (Wildman–Crippen LogP) is 3.36. The van der Waals surface area contributed by atoms with E-state index in [0.717, 1.165) is 50.4 Å². The summed E-state index contributed by atoms with van der Waals surface area (Å²) in [6.45, 7) is 3.69. The van der Waals surface area contributed by atoms with E-state index in [1.807, 2.05) is 18.2 Å². The highest BCUT2D eigenvalue weighted by Gasteiger charge is 2.22. The second-order valence-electron chi connectivity index (χ2n) is 6.68. The van der Waals surface area contributed by atoms with E-state index in [9.17, 15) is 13.6 Å². The number of ether oxygens (including phenoxy) is 1. The van der Waals surface area contributed by atoms with Gasteiger partial charge in [0, 0.05) is 31.7 Å². The van der Waals surface area contributed by atoms with E-state index in [1.165, 1.54) is 11.6 Å². The van der Waals surface area contributed by atoms with Gasteiger partial charge < -0.3 is 9.64 Å². The van der Waals surface area contributed by atoms with Crippen LogP contribution in [0.5, 0.6) is 5.75 Å². The molecule has 1 aliphatic rings. The van der Waals surface area contributed by atoms with Gasteiger partial charge in [0.15, 0.2) is 11.6 Å². The first-order valence-corrected chi connectivity index (χ1v) is 9.17. The number of hydrogen-bond acceptors (Lipinski definition) is 3. The average Bonchev–Trinajstić information content (AvgIpc) is 2.70. The Balaban J connectivity index is 1.46. The highest BCUT2D eigenvalue weighted by atomic mass is 19.2. The minimum absolute atomic E-state index is 0.193. The molecule has 0 aromatic heterocycles. The van der Waals surface area contributed by atoms with Crippen molar-refractivity contribution in [2.45, 2.75) is 12.8 Å². The number of carbonyl (C=O) groups is 1. The number of para-hydroxylation sites is 1. The maximum absolute atomic E-state index is 13.3. The molecule has 1 fully saturated rings. The Bertz CT molecular complexity index is 790. The molecule has 1 heterocycles. The molecule has 0 radical (unpaired) electrons. The van der Waals surface area contributed by atoms with Crippen molar-refractivity contribution in [1.29, 1.82) is 0 Å². The molecule has 27 heavy (non-hydrogen) atoms. The third kappa shape index (κ3) is 4.83. The Morgan fingerprint density at radius 3 is 2.48 bits per heavy atom. The molecule has 0 unspecified atom stereocenters. The van der Waals surface area contributed by atoms with Gasteiger partial charge in [0.1, 0.15) is 5.75 Å². The van der Waals surface area contributed by atoms with Crippen LogP contribution in [0.15, 0.2) is 42.5 Å². The lowest BCUT2D eigenvalue weighted by molar-refractivity contribution is 0.0635. The van der Waals surface area contributed by atoms with E-state index in [0.29, 0.717) is 13.1 Å². The van der Waals surface area contributed by atoms with Crippen LogP contribution in [0, 0.1) is 11.6 Å². The van der Waals surface area contributed by atoms with Gasteiger partial charge in [0.25, 0.3) is 5.91 Å². The number of halogens is 2. The SMILES string of the molecule is COc1ccccc1CCCN1CCN(C(=O)c2ccc(F)c(F)c2)CC1. The first kappa shape index (κ1) is 19.3. The van der Waals surface area contributed by atoms with Crippen LogP contribution in [0.2, 0.25) is 0 Å². The van der Waals surface area contributed by atoms with Gasteiger partial charge in [-0.2, -0.15) is 0 Å². The number of rotatable bonds is 6. The molecule has 0 spiro atoms. The smallest absolute Gasteiger partial charge is 0.254 e. The second kappa shape index (κ2) is 8.95. The monoisotopic (exact) mass is 374 g/mol. The van der Waals surface area contributed by atoms with Crippen molar-refractivity contribution in [3.8, 4) is 5.75 Å². The van der Waals surface area contributed by atoms with Gasteiger partial charge in [0.2, 0.25) is 0 Å². The van der Waals surface area contributed by atoms with Crippen molar-refractivity contribution in [1.82, 2.24) is 9.80 Å². The summed E-state index contributed by atoms with van der Waals surface area (Å²) in [5.74, 6) is -1.26. The van der Waals surface area contributed by atoms with Gasteiger partial charge in [-0.25, -0.2) is 8.78 Å². The first-order valence-electron chi connectivity index (χ1n) is 9.17. The average molecular weight is 374 g/mol. The third-order valence-corrected chi connectivity index (χ3v) is 4.94. The van der Waals surface area contributed by atoms with Gasteiger partial charge in [-0.3, -0.25) is 9.69 Å². The molecule has 0 saturated carbocycles. The highest BCUT2D eigenvalue weighted by Crippen LogP contribution is 2.19. The summed E-state index contributed by atoms with van der Waals surface area (Å²) >= 11 is 0. The molecule has 0 atom stereocenters. The quantitative estimate of drug-likeness (QED) is 0.777. The molecule has 2 aromatic carbocycles. The molecular formula is C21H24F2N2O2. The fourth-order valence-corrected chi connectivity index (χ4v) is 3.39. The largest absolute Gasteiger partial charge is 0.496 e. The molecule has 1 aliphatic heterocycles. The van der Waals surface area contributed by atoms with Crippen molar-refractivity contribution in [3.63, 3.8) is 0 Å². The van der Waals surface area contributed by atoms with E-state index < -0.39 is 11.6 Å². The Labute approximate surface area is 158 Å². The number of piperazine rings is 1. The molecule has 0 aliphatic carbocycles. The number of carbonyl (C=O) groups excluding carboxylic acids is 1. The topological polar surface area (TPSA) is 32.8 Å². The molecule has 3 rings (SSSR count). The van der Waals surface area contributed by atoms with Crippen molar-refractivity contribution in [2.75, 3.05) is 39.8 Å². The zero-order valence-corrected chi connectivity index (χ0v) is 15.5. The fourth-order valence-electron chi connectivity index (χ4n) is 3.39. The van der Waals surface area contributed by atoms with Crippen molar-refractivity contribution in [2.24, 2.45) is 0 Å². The molecule has 1 saturated heterocycles. The van der Waals surface area contributed by atoms with Crippen molar-refractivity contribution >= 4 is 5.91 Å². The molecule has 2 aromatic rings. The van der Waals surface area contributed by atoms with Crippen LogP contribution in [-0.4, -0.2) is 55.5 Å². The van der Waals surface area contributed by atoms with Crippen LogP contribution in [0.3, 0.4) is 0 Å². The summed E-state index contributed by atoms with van der Waals surface area (Å²) < 4.78 is 31.7. The second-order valence-corrected chi connectivity index (χ2v) is 6.68. The van der Waals surface area contributed by atoms with Crippen LogP contribution >= 0.6 is 0 Å². The van der Waals surface area contributed by atoms with E-state index in [2.05, 4.69) is 11.0 Å². The maximum Gasteiger partial charge on any atom is 0.254 e. The van der Waals surface area contributed by atoms with Gasteiger partial charge in [0.05, 0.1) is 7.11 Å². The van der Waals surface area contributed by atoms with Crippen LogP contribution in [0.4, 0.5) is 8.78 Å². The lowest BCUT2D eigenvalue weighted by Crippen LogP contribution is -2.48. The number of methoxy groups -OCH3 is 1. The van der Waals surface area contributed by atoms with E-state index in [4.69, 9.17) is 4.74 Å². The molecule has 0 bridgehead atoms. The minimum Gasteiger partial charge on any atom is -0.496 e. The van der Waals surface area contributed by atoms with Gasteiger partial charge in [-0.15, -0.1) is 0 Å². The van der Waals surface area contributed by atoms with Gasteiger partial charge in [-0.1, -0.05) is 18.2 Å². The fraction of sp³-hybridized carbons (Fsp3) is 0.381. The molecular weight excluding hydrogens is 350 g/mol. The van der Waals surface area contributed by atoms with Crippen molar-refractivity contribution < 1.29 is 18.3 Å². The van der Waals surface area contributed by atoms with Gasteiger partial charge in [-0.05, 0) is 49.2 Å². The van der Waals surface area contributed by atoms with Crippen LogP contribution in [0.25, 0.3) is 0 Å². The summed E-state index contributed by atoms with van der Waals surface area (Å²) in [6.07, 6.45) is 1.95. The number of benzene rings is 2. The first-order chi connectivity index (χ1) is 13.1. The maximum atomic E-state index is 13.3. The number of nitrogens with zero attached hydrogens (tertiary/aromatic N) is 2. The van der Waals surface area contributed by atoms with E-state index in [1.54, 1.807) is 12.0 Å². The molecule has 0 N–H and O–H groups in total. The number of hydrogen-bond donors (Lipinski definition) is 0. The predicted molar refractivity (Wildman–Crippen MR) is 100 cm³/mol. The lowest BCUT2D eigenvalue weighted by atomic mass is 10.1. The molecule has 144 valence electrons. The van der Waals surface area contributed by atoms with Gasteiger partial charge >= 0.3 is 0 Å². The Hall–Kier alpha value is -2.47. The normalized spacial score (nSPS) is 15.0. The Morgan fingerprint density at radius 1 is 1.04 bits per heavy atom. The summed E-state index contributed by atoms with van der Waals surface area (Å²) in [4.78, 5) is 16.5. The van der Waals surface area contributed by atoms with Crippen LogP contribution in [-0.2, 0) is 6.42 Å². The van der Waals surface area contributed by atoms with E-state index >= 15 is 0 Å². The zero-order valence-electron chi connectivity index (χ0n) is 15.5. The van der Waals surface area contributed by atoms with Crippen LogP contribution in [0.1, 0.15) is 22.3 Å². The summed E-state index contributed by atoms with van der Waals surface area (Å²) in [5.41, 5.74) is 1.39. The van der Waals surface area contributed by atoms with Crippen LogP contribution < -0.4 is 4.74 Å².